The molecule has 1 aliphatic heterocycles. The van der Waals surface area contributed by atoms with Crippen LogP contribution in [0.2, 0.25) is 0 Å². The molecule has 0 aliphatic carbocycles. The Labute approximate surface area is 200 Å². The maximum atomic E-state index is 14.0. The third kappa shape index (κ3) is 5.22. The van der Waals surface area contributed by atoms with E-state index in [1.165, 1.54) is 12.1 Å². The summed E-state index contributed by atoms with van der Waals surface area (Å²) in [7, 11) is 1.62. The number of aromatic nitrogens is 1. The number of hydrogen-bond acceptors (Lipinski definition) is 4. The predicted octanol–water partition coefficient (Wildman–Crippen LogP) is 5.99. The number of benzene rings is 2. The molecule has 6 heteroatoms. The van der Waals surface area contributed by atoms with E-state index in [4.69, 9.17) is 14.5 Å². The zero-order chi connectivity index (χ0) is 24.1. The van der Waals surface area contributed by atoms with Crippen molar-refractivity contribution in [2.24, 2.45) is 5.92 Å². The smallest absolute Gasteiger partial charge is 0.226 e. The van der Waals surface area contributed by atoms with E-state index < -0.39 is 0 Å². The number of para-hydroxylation sites is 1. The van der Waals surface area contributed by atoms with Crippen molar-refractivity contribution in [3.63, 3.8) is 0 Å². The van der Waals surface area contributed by atoms with Gasteiger partial charge in [0.1, 0.15) is 11.6 Å². The second kappa shape index (κ2) is 11.0. The molecule has 0 bridgehead atoms. The first-order valence-electron chi connectivity index (χ1n) is 12.2. The van der Waals surface area contributed by atoms with Gasteiger partial charge in [0.25, 0.3) is 0 Å². The number of ether oxygens (including phenoxy) is 2. The second-order valence-corrected chi connectivity index (χ2v) is 8.90. The lowest BCUT2D eigenvalue weighted by Gasteiger charge is -2.29. The molecule has 1 fully saturated rings. The molecule has 5 nitrogen and oxygen atoms in total. The zero-order valence-corrected chi connectivity index (χ0v) is 20.2. The molecule has 1 amide bonds. The SMILES string of the molecule is CCC(CC)C(=O)N(Cc1cc2ccc(F)cc2nc1-c1ccccc1OC)C[C@H]1CCCO1. The van der Waals surface area contributed by atoms with Crippen LogP contribution in [0.1, 0.15) is 45.1 Å². The summed E-state index contributed by atoms with van der Waals surface area (Å²) in [5, 5.41) is 0.835. The summed E-state index contributed by atoms with van der Waals surface area (Å²) in [6.07, 6.45) is 3.63. The average molecular weight is 465 g/mol. The van der Waals surface area contributed by atoms with Crippen LogP contribution in [0.4, 0.5) is 4.39 Å². The summed E-state index contributed by atoms with van der Waals surface area (Å²) >= 11 is 0. The van der Waals surface area contributed by atoms with E-state index in [-0.39, 0.29) is 23.7 Å². The summed E-state index contributed by atoms with van der Waals surface area (Å²) in [6, 6.07) is 14.3. The molecule has 1 aromatic heterocycles. The van der Waals surface area contributed by atoms with E-state index in [2.05, 4.69) is 13.8 Å². The quantitative estimate of drug-likeness (QED) is 0.390. The summed E-state index contributed by atoms with van der Waals surface area (Å²) in [6.45, 7) is 5.82. The third-order valence-corrected chi connectivity index (χ3v) is 6.68. The van der Waals surface area contributed by atoms with Crippen molar-refractivity contribution < 1.29 is 18.7 Å². The lowest BCUT2D eigenvalue weighted by Crippen LogP contribution is -2.40. The maximum Gasteiger partial charge on any atom is 0.226 e. The fourth-order valence-corrected chi connectivity index (χ4v) is 4.75. The monoisotopic (exact) mass is 464 g/mol. The minimum Gasteiger partial charge on any atom is -0.496 e. The van der Waals surface area contributed by atoms with Crippen LogP contribution >= 0.6 is 0 Å². The lowest BCUT2D eigenvalue weighted by molar-refractivity contribution is -0.138. The fraction of sp³-hybridized carbons (Fsp3) is 0.429. The first kappa shape index (κ1) is 24.1. The Kier molecular flexibility index (Phi) is 7.78. The number of carbonyl (C=O) groups excluding carboxylic acids is 1. The largest absolute Gasteiger partial charge is 0.496 e. The van der Waals surface area contributed by atoms with Crippen molar-refractivity contribution in [1.82, 2.24) is 9.88 Å². The molecule has 0 unspecified atom stereocenters. The van der Waals surface area contributed by atoms with E-state index in [0.717, 1.165) is 48.8 Å². The third-order valence-electron chi connectivity index (χ3n) is 6.68. The highest BCUT2D eigenvalue weighted by Crippen LogP contribution is 2.34. The molecular weight excluding hydrogens is 431 g/mol. The van der Waals surface area contributed by atoms with Crippen LogP contribution in [0.25, 0.3) is 22.2 Å². The molecule has 180 valence electrons. The van der Waals surface area contributed by atoms with Crippen LogP contribution in [0.15, 0.2) is 48.5 Å². The van der Waals surface area contributed by atoms with Gasteiger partial charge in [-0.25, -0.2) is 9.37 Å². The highest BCUT2D eigenvalue weighted by molar-refractivity contribution is 5.85. The summed E-state index contributed by atoms with van der Waals surface area (Å²) in [5.41, 5.74) is 2.99. The molecule has 0 radical (unpaired) electrons. The van der Waals surface area contributed by atoms with Gasteiger partial charge in [-0.3, -0.25) is 4.79 Å². The molecule has 0 spiro atoms. The van der Waals surface area contributed by atoms with Gasteiger partial charge in [-0.15, -0.1) is 0 Å². The van der Waals surface area contributed by atoms with Crippen LogP contribution in [-0.4, -0.2) is 42.2 Å². The van der Waals surface area contributed by atoms with Gasteiger partial charge in [-0.1, -0.05) is 26.0 Å². The van der Waals surface area contributed by atoms with Crippen molar-refractivity contribution in [2.45, 2.75) is 52.2 Å². The van der Waals surface area contributed by atoms with Crippen molar-refractivity contribution in [3.8, 4) is 17.0 Å². The van der Waals surface area contributed by atoms with Gasteiger partial charge in [0.2, 0.25) is 5.91 Å². The molecule has 1 saturated heterocycles. The number of amides is 1. The van der Waals surface area contributed by atoms with Crippen molar-refractivity contribution in [1.29, 1.82) is 0 Å². The van der Waals surface area contributed by atoms with Crippen molar-refractivity contribution >= 4 is 16.8 Å². The van der Waals surface area contributed by atoms with E-state index in [1.54, 1.807) is 13.2 Å². The molecule has 1 atom stereocenters. The molecular formula is C28H33FN2O3. The molecule has 2 aromatic carbocycles. The normalized spacial score (nSPS) is 15.7. The summed E-state index contributed by atoms with van der Waals surface area (Å²) in [5.74, 6) is 0.468. The number of pyridine rings is 1. The Balaban J connectivity index is 1.80. The van der Waals surface area contributed by atoms with Gasteiger partial charge in [0, 0.05) is 42.6 Å². The van der Waals surface area contributed by atoms with Crippen LogP contribution in [-0.2, 0) is 16.1 Å². The van der Waals surface area contributed by atoms with Gasteiger partial charge in [-0.2, -0.15) is 0 Å². The second-order valence-electron chi connectivity index (χ2n) is 8.90. The molecule has 3 aromatic rings. The van der Waals surface area contributed by atoms with Gasteiger partial charge >= 0.3 is 0 Å². The van der Waals surface area contributed by atoms with Gasteiger partial charge < -0.3 is 14.4 Å². The maximum absolute atomic E-state index is 14.0. The minimum atomic E-state index is -0.331. The van der Waals surface area contributed by atoms with E-state index in [0.29, 0.717) is 30.0 Å². The summed E-state index contributed by atoms with van der Waals surface area (Å²) in [4.78, 5) is 20.3. The van der Waals surface area contributed by atoms with E-state index in [9.17, 15) is 9.18 Å². The number of rotatable bonds is 9. The van der Waals surface area contributed by atoms with Crippen LogP contribution in [0.5, 0.6) is 5.75 Å². The van der Waals surface area contributed by atoms with Crippen molar-refractivity contribution in [2.75, 3.05) is 20.3 Å². The minimum absolute atomic E-state index is 0.0291. The average Bonchev–Trinajstić information content (AvgIpc) is 3.37. The highest BCUT2D eigenvalue weighted by Gasteiger charge is 2.28. The number of carbonyl (C=O) groups is 1. The molecule has 34 heavy (non-hydrogen) atoms. The molecule has 4 rings (SSSR count). The fourth-order valence-electron chi connectivity index (χ4n) is 4.75. The van der Waals surface area contributed by atoms with Crippen molar-refractivity contribution in [3.05, 3.63) is 59.9 Å². The summed E-state index contributed by atoms with van der Waals surface area (Å²) < 4.78 is 25.5. The lowest BCUT2D eigenvalue weighted by atomic mass is 9.99. The topological polar surface area (TPSA) is 51.7 Å². The Bertz CT molecular complexity index is 1140. The predicted molar refractivity (Wildman–Crippen MR) is 132 cm³/mol. The first-order chi connectivity index (χ1) is 16.5. The van der Waals surface area contributed by atoms with Gasteiger partial charge in [-0.05, 0) is 61.6 Å². The Morgan fingerprint density at radius 1 is 1.21 bits per heavy atom. The van der Waals surface area contributed by atoms with E-state index >= 15 is 0 Å². The standard InChI is InChI=1S/C28H33FN2O3/c1-4-19(5-2)28(32)31(18-23-9-8-14-34-23)17-21-15-20-12-13-22(29)16-25(20)30-27(21)24-10-6-7-11-26(24)33-3/h6-7,10-13,15-16,19,23H,4-5,8-9,14,17-18H2,1-3H3/t23-/m1/s1. The Morgan fingerprint density at radius 3 is 2.71 bits per heavy atom. The number of nitrogens with zero attached hydrogens (tertiary/aromatic N) is 2. The number of fused-ring (bicyclic) bond motifs is 1. The number of hydrogen-bond donors (Lipinski definition) is 0. The molecule has 0 N–H and O–H groups in total. The van der Waals surface area contributed by atoms with Crippen LogP contribution in [0.3, 0.4) is 0 Å². The van der Waals surface area contributed by atoms with Gasteiger partial charge in [0.05, 0.1) is 24.4 Å². The number of halogens is 1. The molecule has 1 aliphatic rings. The van der Waals surface area contributed by atoms with Gasteiger partial charge in [0.15, 0.2) is 0 Å². The molecule has 2 heterocycles. The zero-order valence-electron chi connectivity index (χ0n) is 20.2. The van der Waals surface area contributed by atoms with Crippen LogP contribution in [0, 0.1) is 11.7 Å². The number of methoxy groups -OCH3 is 1. The molecule has 0 saturated carbocycles. The Morgan fingerprint density at radius 2 is 2.00 bits per heavy atom. The Hall–Kier alpha value is -2.99. The van der Waals surface area contributed by atoms with E-state index in [1.807, 2.05) is 35.2 Å². The van der Waals surface area contributed by atoms with Crippen LogP contribution < -0.4 is 4.74 Å². The highest BCUT2D eigenvalue weighted by atomic mass is 19.1. The first-order valence-corrected chi connectivity index (χ1v) is 12.2.